The molecule has 3 N–H and O–H groups in total. The molecule has 2 aromatic carbocycles. The molecule has 0 aliphatic rings. The fourth-order valence-electron chi connectivity index (χ4n) is 2.41. The molecule has 3 rings (SSSR count). The van der Waals surface area contributed by atoms with Gasteiger partial charge in [0.15, 0.2) is 0 Å². The second-order valence-electron chi connectivity index (χ2n) is 4.91. The fourth-order valence-corrected chi connectivity index (χ4v) is 2.54. The largest absolute Gasteiger partial charge is 0.416 e. The number of aromatic nitrogens is 1. The zero-order valence-electron chi connectivity index (χ0n) is 11.2. The minimum atomic E-state index is -4.41. The fraction of sp³-hybridized carbons (Fsp3) is 0.0625. The summed E-state index contributed by atoms with van der Waals surface area (Å²) in [7, 11) is 0. The van der Waals surface area contributed by atoms with E-state index >= 15 is 0 Å². The maximum Gasteiger partial charge on any atom is 0.416 e. The van der Waals surface area contributed by atoms with Crippen LogP contribution in [0.2, 0.25) is 0 Å². The lowest BCUT2D eigenvalue weighted by molar-refractivity contribution is -0.137. The van der Waals surface area contributed by atoms with Crippen molar-refractivity contribution in [3.8, 4) is 11.1 Å². The average molecular weight is 320 g/mol. The van der Waals surface area contributed by atoms with Crippen LogP contribution in [0.4, 0.5) is 13.2 Å². The van der Waals surface area contributed by atoms with Gasteiger partial charge in [-0.2, -0.15) is 13.2 Å². The van der Waals surface area contributed by atoms with Crippen LogP contribution in [-0.4, -0.2) is 9.97 Å². The molecule has 22 heavy (non-hydrogen) atoms. The van der Waals surface area contributed by atoms with Crippen molar-refractivity contribution in [2.45, 2.75) is 6.18 Å². The molecular weight excluding hydrogens is 309 g/mol. The number of rotatable bonds is 2. The van der Waals surface area contributed by atoms with E-state index in [1.165, 1.54) is 0 Å². The highest BCUT2D eigenvalue weighted by Crippen LogP contribution is 2.37. The number of hydrogen-bond donors (Lipinski definition) is 2. The molecule has 0 bridgehead atoms. The van der Waals surface area contributed by atoms with Crippen LogP contribution in [-0.2, 0) is 6.18 Å². The molecular formula is C16H11F3N2S. The minimum absolute atomic E-state index is 0.208. The first-order valence-electron chi connectivity index (χ1n) is 6.45. The smallest absolute Gasteiger partial charge is 0.389 e. The van der Waals surface area contributed by atoms with Gasteiger partial charge in [-0.1, -0.05) is 30.4 Å². The Hall–Kier alpha value is -2.34. The Morgan fingerprint density at radius 3 is 2.55 bits per heavy atom. The Balaban J connectivity index is 2.27. The predicted octanol–water partition coefficient (Wildman–Crippen LogP) is 4.49. The molecule has 0 fully saturated rings. The average Bonchev–Trinajstić information content (AvgIpc) is 2.93. The van der Waals surface area contributed by atoms with Crippen molar-refractivity contribution in [1.82, 2.24) is 4.98 Å². The van der Waals surface area contributed by atoms with E-state index in [4.69, 9.17) is 18.0 Å². The molecule has 1 aromatic heterocycles. The molecule has 3 aromatic rings. The van der Waals surface area contributed by atoms with Gasteiger partial charge >= 0.3 is 6.18 Å². The van der Waals surface area contributed by atoms with Crippen LogP contribution < -0.4 is 5.73 Å². The van der Waals surface area contributed by atoms with Crippen LogP contribution in [0.5, 0.6) is 0 Å². The zero-order valence-corrected chi connectivity index (χ0v) is 12.1. The lowest BCUT2D eigenvalue weighted by atomic mass is 9.97. The Bertz CT molecular complexity index is 865. The number of nitrogens with two attached hydrogens (primary N) is 1. The first-order chi connectivity index (χ1) is 10.4. The van der Waals surface area contributed by atoms with Gasteiger partial charge in [-0.15, -0.1) is 0 Å². The third kappa shape index (κ3) is 2.57. The highest BCUT2D eigenvalue weighted by atomic mass is 32.1. The van der Waals surface area contributed by atoms with Gasteiger partial charge in [0.2, 0.25) is 0 Å². The predicted molar refractivity (Wildman–Crippen MR) is 84.6 cm³/mol. The third-order valence-electron chi connectivity index (χ3n) is 3.45. The summed E-state index contributed by atoms with van der Waals surface area (Å²) in [6, 6.07) is 10.9. The van der Waals surface area contributed by atoms with Crippen molar-refractivity contribution < 1.29 is 13.2 Å². The summed E-state index contributed by atoms with van der Waals surface area (Å²) in [4.78, 5) is 3.04. The quantitative estimate of drug-likeness (QED) is 0.683. The van der Waals surface area contributed by atoms with E-state index in [9.17, 15) is 13.2 Å². The number of fused-ring (bicyclic) bond motifs is 1. The first-order valence-corrected chi connectivity index (χ1v) is 6.85. The van der Waals surface area contributed by atoms with Crippen LogP contribution in [0.1, 0.15) is 11.1 Å². The van der Waals surface area contributed by atoms with Crippen LogP contribution in [0.25, 0.3) is 22.0 Å². The molecule has 0 spiro atoms. The number of H-pyrrole nitrogens is 1. The minimum Gasteiger partial charge on any atom is -0.389 e. The second kappa shape index (κ2) is 5.14. The molecule has 0 saturated carbocycles. The lowest BCUT2D eigenvalue weighted by Gasteiger charge is -2.11. The summed E-state index contributed by atoms with van der Waals surface area (Å²) >= 11 is 4.93. The lowest BCUT2D eigenvalue weighted by Crippen LogP contribution is -2.09. The molecule has 6 heteroatoms. The Morgan fingerprint density at radius 2 is 1.86 bits per heavy atom. The maximum atomic E-state index is 13.1. The van der Waals surface area contributed by atoms with Gasteiger partial charge in [-0.25, -0.2) is 0 Å². The SMILES string of the molecule is NC(=S)c1cccc(-c2cc(C(F)(F)F)cc3[nH]ccc23)c1. The number of thiocarbonyl (C=S) groups is 1. The molecule has 0 radical (unpaired) electrons. The van der Waals surface area contributed by atoms with E-state index in [1.807, 2.05) is 0 Å². The van der Waals surface area contributed by atoms with Crippen molar-refractivity contribution in [2.24, 2.45) is 5.73 Å². The number of alkyl halides is 3. The normalized spacial score (nSPS) is 11.8. The van der Waals surface area contributed by atoms with Crippen LogP contribution in [0.3, 0.4) is 0 Å². The van der Waals surface area contributed by atoms with E-state index < -0.39 is 11.7 Å². The second-order valence-corrected chi connectivity index (χ2v) is 5.35. The first kappa shape index (κ1) is 14.6. The molecule has 0 amide bonds. The summed E-state index contributed by atoms with van der Waals surface area (Å²) in [5, 5.41) is 0.716. The Kier molecular flexibility index (Phi) is 3.41. The summed E-state index contributed by atoms with van der Waals surface area (Å²) in [5.74, 6) is 0. The number of halogens is 3. The third-order valence-corrected chi connectivity index (χ3v) is 3.69. The number of nitrogens with one attached hydrogen (secondary N) is 1. The van der Waals surface area contributed by atoms with Gasteiger partial charge in [0, 0.05) is 22.7 Å². The molecule has 2 nitrogen and oxygen atoms in total. The number of aromatic amines is 1. The van der Waals surface area contributed by atoms with Crippen LogP contribution >= 0.6 is 12.2 Å². The van der Waals surface area contributed by atoms with Gasteiger partial charge in [0.05, 0.1) is 5.56 Å². The maximum absolute atomic E-state index is 13.1. The Labute approximate surface area is 129 Å². The van der Waals surface area contributed by atoms with E-state index in [1.54, 1.807) is 36.5 Å². The highest BCUT2D eigenvalue weighted by Gasteiger charge is 2.31. The summed E-state index contributed by atoms with van der Waals surface area (Å²) < 4.78 is 39.2. The van der Waals surface area contributed by atoms with E-state index in [0.29, 0.717) is 27.6 Å². The Morgan fingerprint density at radius 1 is 1.09 bits per heavy atom. The van der Waals surface area contributed by atoms with Crippen molar-refractivity contribution >= 4 is 28.1 Å². The summed E-state index contributed by atoms with van der Waals surface area (Å²) in [5.41, 5.74) is 7.09. The van der Waals surface area contributed by atoms with Gasteiger partial charge in [-0.3, -0.25) is 0 Å². The van der Waals surface area contributed by atoms with E-state index in [0.717, 1.165) is 12.1 Å². The van der Waals surface area contributed by atoms with E-state index in [-0.39, 0.29) is 4.99 Å². The summed E-state index contributed by atoms with van der Waals surface area (Å²) in [6.45, 7) is 0. The molecule has 0 atom stereocenters. The van der Waals surface area contributed by atoms with Crippen molar-refractivity contribution in [1.29, 1.82) is 0 Å². The van der Waals surface area contributed by atoms with Crippen molar-refractivity contribution in [2.75, 3.05) is 0 Å². The number of hydrogen-bond acceptors (Lipinski definition) is 1. The van der Waals surface area contributed by atoms with Crippen LogP contribution in [0.15, 0.2) is 48.7 Å². The standard InChI is InChI=1S/C16H11F3N2S/c17-16(18,19)11-7-13(12-4-5-21-14(12)8-11)9-2-1-3-10(6-9)15(20)22/h1-8,21H,(H2,20,22). The molecule has 112 valence electrons. The summed E-state index contributed by atoms with van der Waals surface area (Å²) in [6.07, 6.45) is -2.79. The van der Waals surface area contributed by atoms with Crippen molar-refractivity contribution in [3.63, 3.8) is 0 Å². The van der Waals surface area contributed by atoms with Gasteiger partial charge < -0.3 is 10.7 Å². The highest BCUT2D eigenvalue weighted by molar-refractivity contribution is 7.80. The number of benzene rings is 2. The molecule has 0 aliphatic carbocycles. The monoisotopic (exact) mass is 320 g/mol. The topological polar surface area (TPSA) is 41.8 Å². The molecule has 0 aliphatic heterocycles. The molecule has 1 heterocycles. The van der Waals surface area contributed by atoms with Gasteiger partial charge in [0.25, 0.3) is 0 Å². The molecule has 0 unspecified atom stereocenters. The van der Waals surface area contributed by atoms with E-state index in [2.05, 4.69) is 4.98 Å². The van der Waals surface area contributed by atoms with Gasteiger partial charge in [-0.05, 0) is 35.4 Å². The van der Waals surface area contributed by atoms with Crippen molar-refractivity contribution in [3.05, 3.63) is 59.8 Å². The van der Waals surface area contributed by atoms with Crippen LogP contribution in [0, 0.1) is 0 Å². The van der Waals surface area contributed by atoms with Gasteiger partial charge in [0.1, 0.15) is 4.99 Å². The molecule has 0 saturated heterocycles. The zero-order chi connectivity index (χ0) is 15.9.